The molecule has 0 N–H and O–H groups in total. The first-order valence-corrected chi connectivity index (χ1v) is 8.97. The standard InChI is InChI=1S/C24H15FN2O/c25-18-11-12-19-20(15-18)22(14-16-6-2-1-3-7-16)27(24(19)28)21-10-4-8-17-9-5-13-26-23(17)21/h1-15H/b22-14-. The SMILES string of the molecule is O=C1c2ccc(F)cc2/C(=C/c2ccccc2)N1c1cccc2cccnc12. The van der Waals surface area contributed by atoms with Crippen LogP contribution < -0.4 is 4.90 Å². The molecular formula is C24H15FN2O. The Morgan fingerprint density at radius 3 is 2.54 bits per heavy atom. The lowest BCUT2D eigenvalue weighted by molar-refractivity contribution is 0.101. The van der Waals surface area contributed by atoms with Crippen molar-refractivity contribution in [3.63, 3.8) is 0 Å². The molecule has 3 nitrogen and oxygen atoms in total. The van der Waals surface area contributed by atoms with Crippen LogP contribution in [0, 0.1) is 5.82 Å². The van der Waals surface area contributed by atoms with Crippen molar-refractivity contribution in [2.24, 2.45) is 0 Å². The summed E-state index contributed by atoms with van der Waals surface area (Å²) < 4.78 is 14.0. The van der Waals surface area contributed by atoms with Crippen LogP contribution in [-0.2, 0) is 0 Å². The van der Waals surface area contributed by atoms with Gasteiger partial charge in [0.25, 0.3) is 5.91 Å². The zero-order valence-electron chi connectivity index (χ0n) is 14.8. The van der Waals surface area contributed by atoms with Crippen LogP contribution in [0.5, 0.6) is 0 Å². The summed E-state index contributed by atoms with van der Waals surface area (Å²) in [6.07, 6.45) is 3.62. The first-order chi connectivity index (χ1) is 13.7. The van der Waals surface area contributed by atoms with E-state index in [9.17, 15) is 9.18 Å². The molecule has 0 aliphatic carbocycles. The maximum atomic E-state index is 14.0. The molecule has 0 saturated carbocycles. The van der Waals surface area contributed by atoms with E-state index in [-0.39, 0.29) is 11.7 Å². The molecule has 134 valence electrons. The smallest absolute Gasteiger partial charge is 0.263 e. The Kier molecular flexibility index (Phi) is 3.76. The molecule has 0 bridgehead atoms. The summed E-state index contributed by atoms with van der Waals surface area (Å²) in [6, 6.07) is 23.5. The molecule has 0 radical (unpaired) electrons. The number of benzene rings is 3. The van der Waals surface area contributed by atoms with Gasteiger partial charge in [0.1, 0.15) is 5.82 Å². The van der Waals surface area contributed by atoms with Gasteiger partial charge in [0.15, 0.2) is 0 Å². The number of rotatable bonds is 2. The summed E-state index contributed by atoms with van der Waals surface area (Å²) in [5.74, 6) is -0.557. The van der Waals surface area contributed by atoms with Gasteiger partial charge in [-0.05, 0) is 42.0 Å². The second-order valence-corrected chi connectivity index (χ2v) is 6.62. The third-order valence-electron chi connectivity index (χ3n) is 4.89. The summed E-state index contributed by atoms with van der Waals surface area (Å²) in [5, 5.41) is 0.939. The minimum atomic E-state index is -0.372. The van der Waals surface area contributed by atoms with Crippen molar-refractivity contribution in [2.45, 2.75) is 0 Å². The second kappa shape index (κ2) is 6.43. The Labute approximate surface area is 161 Å². The van der Waals surface area contributed by atoms with Gasteiger partial charge in [0.2, 0.25) is 0 Å². The van der Waals surface area contributed by atoms with Gasteiger partial charge in [-0.1, -0.05) is 48.5 Å². The Bertz CT molecular complexity index is 1240. The van der Waals surface area contributed by atoms with Crippen molar-refractivity contribution in [3.05, 3.63) is 108 Å². The highest BCUT2D eigenvalue weighted by Crippen LogP contribution is 2.40. The number of aromatic nitrogens is 1. The lowest BCUT2D eigenvalue weighted by Crippen LogP contribution is -2.22. The van der Waals surface area contributed by atoms with E-state index in [1.807, 2.05) is 66.7 Å². The molecule has 0 atom stereocenters. The average Bonchev–Trinajstić information content (AvgIpc) is 2.99. The molecule has 3 aromatic carbocycles. The van der Waals surface area contributed by atoms with Gasteiger partial charge in [-0.25, -0.2) is 4.39 Å². The van der Waals surface area contributed by atoms with Crippen LogP contribution in [0.2, 0.25) is 0 Å². The van der Waals surface area contributed by atoms with Crippen LogP contribution in [0.4, 0.5) is 10.1 Å². The molecule has 0 saturated heterocycles. The zero-order valence-corrected chi connectivity index (χ0v) is 14.8. The molecule has 28 heavy (non-hydrogen) atoms. The maximum absolute atomic E-state index is 14.0. The molecule has 0 fully saturated rings. The maximum Gasteiger partial charge on any atom is 0.263 e. The van der Waals surface area contributed by atoms with Crippen LogP contribution in [0.15, 0.2) is 85.1 Å². The van der Waals surface area contributed by atoms with E-state index in [1.165, 1.54) is 12.1 Å². The molecular weight excluding hydrogens is 351 g/mol. The number of para-hydroxylation sites is 1. The van der Waals surface area contributed by atoms with Crippen LogP contribution >= 0.6 is 0 Å². The molecule has 0 spiro atoms. The molecule has 1 aliphatic rings. The lowest BCUT2D eigenvalue weighted by Gasteiger charge is -2.20. The second-order valence-electron chi connectivity index (χ2n) is 6.62. The van der Waals surface area contributed by atoms with E-state index in [1.54, 1.807) is 17.2 Å². The molecule has 1 aromatic heterocycles. The van der Waals surface area contributed by atoms with E-state index >= 15 is 0 Å². The van der Waals surface area contributed by atoms with E-state index in [0.717, 1.165) is 16.5 Å². The van der Waals surface area contributed by atoms with Crippen LogP contribution in [0.3, 0.4) is 0 Å². The number of halogens is 1. The van der Waals surface area contributed by atoms with Gasteiger partial charge in [-0.2, -0.15) is 0 Å². The Morgan fingerprint density at radius 1 is 0.857 bits per heavy atom. The topological polar surface area (TPSA) is 33.2 Å². The minimum absolute atomic E-state index is 0.185. The molecule has 0 unspecified atom stereocenters. The highest BCUT2D eigenvalue weighted by molar-refractivity contribution is 6.26. The molecule has 4 heteroatoms. The van der Waals surface area contributed by atoms with Gasteiger partial charge in [-0.15, -0.1) is 0 Å². The van der Waals surface area contributed by atoms with Crippen molar-refractivity contribution in [1.29, 1.82) is 0 Å². The van der Waals surface area contributed by atoms with Crippen LogP contribution in [0.25, 0.3) is 22.7 Å². The Morgan fingerprint density at radius 2 is 1.68 bits per heavy atom. The van der Waals surface area contributed by atoms with Crippen LogP contribution in [0.1, 0.15) is 21.5 Å². The van der Waals surface area contributed by atoms with Crippen molar-refractivity contribution < 1.29 is 9.18 Å². The summed E-state index contributed by atoms with van der Waals surface area (Å²) in [7, 11) is 0. The number of amides is 1. The first-order valence-electron chi connectivity index (χ1n) is 8.97. The van der Waals surface area contributed by atoms with E-state index < -0.39 is 0 Å². The van der Waals surface area contributed by atoms with Crippen molar-refractivity contribution >= 4 is 34.3 Å². The highest BCUT2D eigenvalue weighted by atomic mass is 19.1. The number of pyridine rings is 1. The molecule has 5 rings (SSSR count). The largest absolute Gasteiger partial charge is 0.274 e. The fourth-order valence-electron chi connectivity index (χ4n) is 3.62. The number of carbonyl (C=O) groups excluding carboxylic acids is 1. The third-order valence-corrected chi connectivity index (χ3v) is 4.89. The highest BCUT2D eigenvalue weighted by Gasteiger charge is 2.34. The molecule has 1 amide bonds. The number of carbonyl (C=O) groups is 1. The van der Waals surface area contributed by atoms with E-state index in [0.29, 0.717) is 22.5 Å². The Balaban J connectivity index is 1.78. The van der Waals surface area contributed by atoms with E-state index in [4.69, 9.17) is 0 Å². The first kappa shape index (κ1) is 16.4. The summed E-state index contributed by atoms with van der Waals surface area (Å²) in [4.78, 5) is 19.4. The monoisotopic (exact) mass is 366 g/mol. The summed E-state index contributed by atoms with van der Waals surface area (Å²) in [6.45, 7) is 0. The predicted molar refractivity (Wildman–Crippen MR) is 109 cm³/mol. The normalized spacial score (nSPS) is 14.7. The third kappa shape index (κ3) is 2.58. The van der Waals surface area contributed by atoms with Crippen molar-refractivity contribution in [1.82, 2.24) is 4.98 Å². The fraction of sp³-hybridized carbons (Fsp3) is 0. The number of anilines is 1. The molecule has 1 aliphatic heterocycles. The van der Waals surface area contributed by atoms with Gasteiger partial charge in [0.05, 0.1) is 16.9 Å². The van der Waals surface area contributed by atoms with Gasteiger partial charge in [0, 0.05) is 22.7 Å². The van der Waals surface area contributed by atoms with Gasteiger partial charge in [-0.3, -0.25) is 14.7 Å². The van der Waals surface area contributed by atoms with Gasteiger partial charge >= 0.3 is 0 Å². The van der Waals surface area contributed by atoms with Crippen molar-refractivity contribution in [3.8, 4) is 0 Å². The summed E-state index contributed by atoms with van der Waals surface area (Å²) in [5.41, 5.74) is 4.05. The number of hydrogen-bond acceptors (Lipinski definition) is 2. The minimum Gasteiger partial charge on any atom is -0.274 e. The van der Waals surface area contributed by atoms with Crippen molar-refractivity contribution in [2.75, 3.05) is 4.90 Å². The van der Waals surface area contributed by atoms with E-state index in [2.05, 4.69) is 4.98 Å². The fourth-order valence-corrected chi connectivity index (χ4v) is 3.62. The van der Waals surface area contributed by atoms with Gasteiger partial charge < -0.3 is 0 Å². The summed E-state index contributed by atoms with van der Waals surface area (Å²) >= 11 is 0. The Hall–Kier alpha value is -3.79. The molecule has 2 heterocycles. The number of nitrogens with zero attached hydrogens (tertiary/aromatic N) is 2. The number of hydrogen-bond donors (Lipinski definition) is 0. The number of fused-ring (bicyclic) bond motifs is 2. The predicted octanol–water partition coefficient (Wildman–Crippen LogP) is 5.53. The van der Waals surface area contributed by atoms with Crippen LogP contribution in [-0.4, -0.2) is 10.9 Å². The average molecular weight is 366 g/mol. The lowest BCUT2D eigenvalue weighted by atomic mass is 10.1. The quantitative estimate of drug-likeness (QED) is 0.467. The zero-order chi connectivity index (χ0) is 19.1. The molecule has 4 aromatic rings.